The van der Waals surface area contributed by atoms with Gasteiger partial charge in [0.25, 0.3) is 11.8 Å². The molecule has 3 aromatic carbocycles. The van der Waals surface area contributed by atoms with Crippen molar-refractivity contribution in [1.82, 2.24) is 15.5 Å². The Labute approximate surface area is 226 Å². The van der Waals surface area contributed by atoms with Crippen molar-refractivity contribution >= 4 is 23.5 Å². The summed E-state index contributed by atoms with van der Waals surface area (Å²) < 4.78 is 11.3. The zero-order chi connectivity index (χ0) is 27.4. The van der Waals surface area contributed by atoms with Crippen LogP contribution >= 0.6 is 0 Å². The highest BCUT2D eigenvalue weighted by Crippen LogP contribution is 2.27. The van der Waals surface area contributed by atoms with E-state index in [9.17, 15) is 19.5 Å². The summed E-state index contributed by atoms with van der Waals surface area (Å²) in [5, 5.41) is 14.6. The van der Waals surface area contributed by atoms with Gasteiger partial charge in [-0.2, -0.15) is 0 Å². The first-order chi connectivity index (χ1) is 18.9. The van der Waals surface area contributed by atoms with Gasteiger partial charge in [-0.1, -0.05) is 18.2 Å². The standard InChI is InChI=1S/C29H30N4O6/c1-38-25-13-6-20(18-33-28(36)27(35)31-29(33)37)16-24(25)26(34)30-17-19-4-9-22(10-5-19)39-23-11-7-21(8-12-23)32-14-2-3-15-32/h4-13,16,27,35H,2-3,14-15,17-18H2,1H3,(H,30,34)(H,31,37). The fourth-order valence-corrected chi connectivity index (χ4v) is 4.66. The van der Waals surface area contributed by atoms with Gasteiger partial charge in [0.15, 0.2) is 0 Å². The number of urea groups is 1. The maximum absolute atomic E-state index is 13.0. The summed E-state index contributed by atoms with van der Waals surface area (Å²) in [6, 6.07) is 19.7. The van der Waals surface area contributed by atoms with Gasteiger partial charge in [-0.05, 0) is 72.5 Å². The van der Waals surface area contributed by atoms with E-state index in [4.69, 9.17) is 9.47 Å². The smallest absolute Gasteiger partial charge is 0.326 e. The molecule has 0 spiro atoms. The van der Waals surface area contributed by atoms with Crippen molar-refractivity contribution in [1.29, 1.82) is 0 Å². The first-order valence-corrected chi connectivity index (χ1v) is 12.8. The normalized spacial score (nSPS) is 16.8. The lowest BCUT2D eigenvalue weighted by Gasteiger charge is -2.17. The molecular formula is C29H30N4O6. The van der Waals surface area contributed by atoms with E-state index in [0.29, 0.717) is 17.1 Å². The summed E-state index contributed by atoms with van der Waals surface area (Å²) in [6.45, 7) is 2.38. The van der Waals surface area contributed by atoms with Crippen LogP contribution < -0.4 is 25.0 Å². The number of carbonyl (C=O) groups is 3. The van der Waals surface area contributed by atoms with Gasteiger partial charge in [-0.25, -0.2) is 4.79 Å². The fourth-order valence-electron chi connectivity index (χ4n) is 4.66. The average molecular weight is 531 g/mol. The van der Waals surface area contributed by atoms with Crippen molar-refractivity contribution in [3.63, 3.8) is 0 Å². The van der Waals surface area contributed by atoms with Crippen LogP contribution in [0.1, 0.15) is 34.3 Å². The summed E-state index contributed by atoms with van der Waals surface area (Å²) in [6.07, 6.45) is 0.908. The molecule has 1 atom stereocenters. The van der Waals surface area contributed by atoms with E-state index in [1.807, 2.05) is 36.4 Å². The Morgan fingerprint density at radius 3 is 2.23 bits per heavy atom. The Morgan fingerprint density at radius 2 is 1.62 bits per heavy atom. The SMILES string of the molecule is COc1ccc(CN2C(=O)NC(O)C2=O)cc1C(=O)NCc1ccc(Oc2ccc(N3CCCC3)cc2)cc1. The monoisotopic (exact) mass is 530 g/mol. The van der Waals surface area contributed by atoms with Gasteiger partial charge in [0.1, 0.15) is 17.2 Å². The van der Waals surface area contributed by atoms with Crippen LogP contribution in [-0.2, 0) is 17.9 Å². The predicted molar refractivity (Wildman–Crippen MR) is 144 cm³/mol. The second-order valence-corrected chi connectivity index (χ2v) is 9.43. The second-order valence-electron chi connectivity index (χ2n) is 9.43. The van der Waals surface area contributed by atoms with E-state index in [1.165, 1.54) is 25.6 Å². The fraction of sp³-hybridized carbons (Fsp3) is 0.276. The Balaban J connectivity index is 1.18. The van der Waals surface area contributed by atoms with E-state index >= 15 is 0 Å². The Kier molecular flexibility index (Phi) is 7.64. The van der Waals surface area contributed by atoms with E-state index in [0.717, 1.165) is 29.3 Å². The summed E-state index contributed by atoms with van der Waals surface area (Å²) in [5.74, 6) is 0.693. The van der Waals surface area contributed by atoms with E-state index < -0.39 is 18.2 Å². The molecule has 2 heterocycles. The van der Waals surface area contributed by atoms with Crippen molar-refractivity contribution in [2.45, 2.75) is 32.2 Å². The molecule has 4 amide bonds. The molecule has 2 saturated heterocycles. The molecule has 10 nitrogen and oxygen atoms in total. The molecule has 2 aliphatic heterocycles. The number of nitrogens with one attached hydrogen (secondary N) is 2. The van der Waals surface area contributed by atoms with Crippen molar-refractivity contribution < 1.29 is 29.0 Å². The van der Waals surface area contributed by atoms with Crippen molar-refractivity contribution in [3.8, 4) is 17.2 Å². The minimum Gasteiger partial charge on any atom is -0.496 e. The number of hydrogen-bond acceptors (Lipinski definition) is 7. The molecule has 3 aromatic rings. The van der Waals surface area contributed by atoms with E-state index in [-0.39, 0.29) is 24.6 Å². The summed E-state index contributed by atoms with van der Waals surface area (Å²) >= 11 is 0. The molecule has 39 heavy (non-hydrogen) atoms. The number of anilines is 1. The molecule has 0 saturated carbocycles. The molecule has 0 radical (unpaired) electrons. The molecule has 0 bridgehead atoms. The number of aliphatic hydroxyl groups excluding tert-OH is 1. The topological polar surface area (TPSA) is 120 Å². The highest BCUT2D eigenvalue weighted by atomic mass is 16.5. The highest BCUT2D eigenvalue weighted by Gasteiger charge is 2.36. The number of nitrogens with zero attached hydrogens (tertiary/aromatic N) is 2. The largest absolute Gasteiger partial charge is 0.496 e. The molecule has 10 heteroatoms. The lowest BCUT2D eigenvalue weighted by Crippen LogP contribution is -2.31. The van der Waals surface area contributed by atoms with Gasteiger partial charge < -0.3 is 30.1 Å². The van der Waals surface area contributed by atoms with Gasteiger partial charge >= 0.3 is 6.03 Å². The number of amides is 4. The van der Waals surface area contributed by atoms with Crippen LogP contribution in [0, 0.1) is 0 Å². The van der Waals surface area contributed by atoms with E-state index in [2.05, 4.69) is 27.7 Å². The first kappa shape index (κ1) is 26.1. The van der Waals surface area contributed by atoms with Gasteiger partial charge in [-0.15, -0.1) is 0 Å². The van der Waals surface area contributed by atoms with Crippen molar-refractivity contribution in [3.05, 3.63) is 83.4 Å². The van der Waals surface area contributed by atoms with Crippen LogP contribution in [-0.4, -0.2) is 54.3 Å². The number of rotatable bonds is 9. The minimum atomic E-state index is -1.56. The summed E-state index contributed by atoms with van der Waals surface area (Å²) in [4.78, 5) is 40.1. The zero-order valence-corrected chi connectivity index (χ0v) is 21.6. The molecule has 5 rings (SSSR count). The summed E-state index contributed by atoms with van der Waals surface area (Å²) in [7, 11) is 1.46. The lowest BCUT2D eigenvalue weighted by molar-refractivity contribution is -0.134. The Hall–Kier alpha value is -4.57. The molecule has 2 aliphatic rings. The van der Waals surface area contributed by atoms with Gasteiger partial charge in [0.05, 0.1) is 19.2 Å². The van der Waals surface area contributed by atoms with E-state index in [1.54, 1.807) is 18.2 Å². The summed E-state index contributed by atoms with van der Waals surface area (Å²) in [5.41, 5.74) is 2.89. The van der Waals surface area contributed by atoms with Gasteiger partial charge in [0.2, 0.25) is 6.23 Å². The number of benzene rings is 3. The average Bonchev–Trinajstić information content (AvgIpc) is 3.57. The molecule has 2 fully saturated rings. The third-order valence-corrected chi connectivity index (χ3v) is 6.77. The zero-order valence-electron chi connectivity index (χ0n) is 21.6. The van der Waals surface area contributed by atoms with Crippen molar-refractivity contribution in [2.24, 2.45) is 0 Å². The number of carbonyl (C=O) groups excluding carboxylic acids is 3. The van der Waals surface area contributed by atoms with Crippen molar-refractivity contribution in [2.75, 3.05) is 25.1 Å². The molecule has 202 valence electrons. The Bertz CT molecular complexity index is 1350. The third kappa shape index (κ3) is 5.96. The quantitative estimate of drug-likeness (QED) is 0.363. The number of imide groups is 1. The second kappa shape index (κ2) is 11.4. The third-order valence-electron chi connectivity index (χ3n) is 6.77. The van der Waals surface area contributed by atoms with Crippen LogP contribution in [0.25, 0.3) is 0 Å². The van der Waals surface area contributed by atoms with Crippen LogP contribution in [0.15, 0.2) is 66.7 Å². The minimum absolute atomic E-state index is 0.0888. The van der Waals surface area contributed by atoms with Crippen LogP contribution in [0.2, 0.25) is 0 Å². The van der Waals surface area contributed by atoms with Gasteiger partial charge in [0, 0.05) is 25.3 Å². The predicted octanol–water partition coefficient (Wildman–Crippen LogP) is 3.39. The molecule has 1 unspecified atom stereocenters. The maximum Gasteiger partial charge on any atom is 0.326 e. The molecule has 3 N–H and O–H groups in total. The highest BCUT2D eigenvalue weighted by molar-refractivity contribution is 6.03. The molecular weight excluding hydrogens is 500 g/mol. The lowest BCUT2D eigenvalue weighted by atomic mass is 10.1. The van der Waals surface area contributed by atoms with Crippen LogP contribution in [0.3, 0.4) is 0 Å². The number of ether oxygens (including phenoxy) is 2. The number of aliphatic hydroxyl groups is 1. The first-order valence-electron chi connectivity index (χ1n) is 12.8. The Morgan fingerprint density at radius 1 is 0.974 bits per heavy atom. The molecule has 0 aliphatic carbocycles. The number of hydrogen-bond donors (Lipinski definition) is 3. The van der Waals surface area contributed by atoms with Crippen LogP contribution in [0.5, 0.6) is 17.2 Å². The molecule has 0 aromatic heterocycles. The van der Waals surface area contributed by atoms with Gasteiger partial charge in [-0.3, -0.25) is 14.5 Å². The number of methoxy groups -OCH3 is 1. The maximum atomic E-state index is 13.0. The van der Waals surface area contributed by atoms with Crippen LogP contribution in [0.4, 0.5) is 10.5 Å².